The molecule has 0 bridgehead atoms. The Morgan fingerprint density at radius 2 is 1.90 bits per heavy atom. The van der Waals surface area contributed by atoms with Gasteiger partial charge in [0.2, 0.25) is 11.8 Å². The van der Waals surface area contributed by atoms with Crippen molar-refractivity contribution in [2.24, 2.45) is 5.92 Å². The van der Waals surface area contributed by atoms with Crippen molar-refractivity contribution in [1.29, 1.82) is 0 Å². The zero-order chi connectivity index (χ0) is 22.5. The number of nitrogens with two attached hydrogens (primary N) is 1. The molecule has 2 amide bonds. The summed E-state index contributed by atoms with van der Waals surface area (Å²) in [5.41, 5.74) is 6.77. The number of hydrogen-bond donors (Lipinski definition) is 2. The van der Waals surface area contributed by atoms with Crippen molar-refractivity contribution in [3.63, 3.8) is 0 Å². The summed E-state index contributed by atoms with van der Waals surface area (Å²) in [5, 5.41) is 3.11. The molecule has 9 heteroatoms. The van der Waals surface area contributed by atoms with Gasteiger partial charge in [-0.15, -0.1) is 0 Å². The predicted molar refractivity (Wildman–Crippen MR) is 124 cm³/mol. The van der Waals surface area contributed by atoms with Crippen molar-refractivity contribution in [1.82, 2.24) is 20.1 Å². The number of pyridine rings is 1. The van der Waals surface area contributed by atoms with Crippen LogP contribution in [0, 0.1) is 5.92 Å². The fourth-order valence-electron chi connectivity index (χ4n) is 4.28. The zero-order valence-electron chi connectivity index (χ0n) is 18.3. The minimum absolute atomic E-state index is 0.0787. The van der Waals surface area contributed by atoms with E-state index in [4.69, 9.17) is 10.5 Å². The van der Waals surface area contributed by atoms with Gasteiger partial charge in [-0.25, -0.2) is 0 Å². The number of nitrogens with zero attached hydrogens (tertiary/aromatic N) is 3. The molecule has 2 saturated heterocycles. The molecular weight excluding hydrogens is 462 g/mol. The molecule has 8 nitrogen and oxygen atoms in total. The Morgan fingerprint density at radius 3 is 2.48 bits per heavy atom. The van der Waals surface area contributed by atoms with E-state index in [2.05, 4.69) is 37.7 Å². The lowest BCUT2D eigenvalue weighted by atomic mass is 9.94. The molecule has 0 spiro atoms. The lowest BCUT2D eigenvalue weighted by Crippen LogP contribution is -2.47. The monoisotopic (exact) mass is 493 g/mol. The number of amides is 2. The van der Waals surface area contributed by atoms with Gasteiger partial charge in [0.05, 0.1) is 11.6 Å². The molecule has 2 aliphatic rings. The van der Waals surface area contributed by atoms with Crippen molar-refractivity contribution in [3.05, 3.63) is 28.3 Å². The van der Waals surface area contributed by atoms with Crippen LogP contribution in [-0.4, -0.2) is 72.5 Å². The van der Waals surface area contributed by atoms with Gasteiger partial charge < -0.3 is 25.6 Å². The topological polar surface area (TPSA) is 101 Å². The standard InChI is InChI=1S/C22H32BrN5O3/c1-14(2)22(30)28-10-4-15(5-11-28)13-27-8-6-16(7-9-27)25-20(29)17-12-18(23)19(24)26-21(17)31-3/h12,15-16H,1,4-11,13H2,2-3H3,(H2,24,26)(H,25,29). The second-order valence-corrected chi connectivity index (χ2v) is 9.33. The number of carbonyl (C=O) groups excluding carboxylic acids is 2. The lowest BCUT2D eigenvalue weighted by molar-refractivity contribution is -0.128. The zero-order valence-corrected chi connectivity index (χ0v) is 19.9. The highest BCUT2D eigenvalue weighted by Crippen LogP contribution is 2.26. The highest BCUT2D eigenvalue weighted by atomic mass is 79.9. The van der Waals surface area contributed by atoms with E-state index in [1.54, 1.807) is 13.0 Å². The summed E-state index contributed by atoms with van der Waals surface area (Å²) < 4.78 is 5.79. The quantitative estimate of drug-likeness (QED) is 0.590. The van der Waals surface area contributed by atoms with Gasteiger partial charge >= 0.3 is 0 Å². The highest BCUT2D eigenvalue weighted by molar-refractivity contribution is 9.10. The molecule has 31 heavy (non-hydrogen) atoms. The summed E-state index contributed by atoms with van der Waals surface area (Å²) in [6.07, 6.45) is 3.89. The Balaban J connectivity index is 1.44. The maximum absolute atomic E-state index is 12.7. The number of anilines is 1. The summed E-state index contributed by atoms with van der Waals surface area (Å²) in [5.74, 6) is 1.01. The third kappa shape index (κ3) is 5.98. The molecular formula is C22H32BrN5O3. The van der Waals surface area contributed by atoms with E-state index in [1.165, 1.54) is 7.11 Å². The molecule has 0 aromatic carbocycles. The first-order valence-electron chi connectivity index (χ1n) is 10.8. The first-order chi connectivity index (χ1) is 14.8. The molecule has 3 N–H and O–H groups in total. The number of carbonyl (C=O) groups is 2. The van der Waals surface area contributed by atoms with Crippen LogP contribution in [0.4, 0.5) is 5.82 Å². The Bertz CT molecular complexity index is 831. The van der Waals surface area contributed by atoms with Crippen LogP contribution in [0.2, 0.25) is 0 Å². The van der Waals surface area contributed by atoms with Gasteiger partial charge in [0.25, 0.3) is 5.91 Å². The van der Waals surface area contributed by atoms with Gasteiger partial charge in [-0.2, -0.15) is 4.98 Å². The fraction of sp³-hybridized carbons (Fsp3) is 0.591. The summed E-state index contributed by atoms with van der Waals surface area (Å²) in [7, 11) is 1.48. The van der Waals surface area contributed by atoms with Crippen molar-refractivity contribution >= 4 is 33.6 Å². The molecule has 0 unspecified atom stereocenters. The number of piperidine rings is 2. The normalized spacial score (nSPS) is 18.6. The van der Waals surface area contributed by atoms with Crippen LogP contribution in [0.5, 0.6) is 5.88 Å². The van der Waals surface area contributed by atoms with Crippen LogP contribution in [0.15, 0.2) is 22.7 Å². The number of nitrogen functional groups attached to an aromatic ring is 1. The Labute approximate surface area is 192 Å². The minimum Gasteiger partial charge on any atom is -0.480 e. The number of hydrogen-bond acceptors (Lipinski definition) is 6. The molecule has 0 atom stereocenters. The SMILES string of the molecule is C=C(C)C(=O)N1CCC(CN2CCC(NC(=O)c3cc(Br)c(N)nc3OC)CC2)CC1. The largest absolute Gasteiger partial charge is 0.480 e. The van der Waals surface area contributed by atoms with Crippen LogP contribution in [0.3, 0.4) is 0 Å². The Hall–Kier alpha value is -2.13. The molecule has 0 saturated carbocycles. The van der Waals surface area contributed by atoms with Crippen molar-refractivity contribution in [2.45, 2.75) is 38.6 Å². The predicted octanol–water partition coefficient (Wildman–Crippen LogP) is 2.44. The Kier molecular flexibility index (Phi) is 7.94. The van der Waals surface area contributed by atoms with Gasteiger partial charge in [-0.3, -0.25) is 9.59 Å². The van der Waals surface area contributed by atoms with E-state index in [-0.39, 0.29) is 29.6 Å². The molecule has 1 aromatic heterocycles. The molecule has 0 aliphatic carbocycles. The first-order valence-corrected chi connectivity index (χ1v) is 11.6. The molecule has 0 radical (unpaired) electrons. The van der Waals surface area contributed by atoms with Gasteiger partial charge in [0.1, 0.15) is 11.4 Å². The molecule has 3 rings (SSSR count). The molecule has 2 aliphatic heterocycles. The number of aromatic nitrogens is 1. The number of rotatable bonds is 6. The third-order valence-corrected chi connectivity index (χ3v) is 6.75. The summed E-state index contributed by atoms with van der Waals surface area (Å²) in [6, 6.07) is 1.77. The van der Waals surface area contributed by atoms with E-state index in [0.717, 1.165) is 58.4 Å². The second kappa shape index (κ2) is 10.5. The van der Waals surface area contributed by atoms with Crippen LogP contribution >= 0.6 is 15.9 Å². The number of ether oxygens (including phenoxy) is 1. The Morgan fingerprint density at radius 1 is 1.26 bits per heavy atom. The number of likely N-dealkylation sites (tertiary alicyclic amines) is 2. The van der Waals surface area contributed by atoms with Crippen molar-refractivity contribution in [3.8, 4) is 5.88 Å². The average molecular weight is 494 g/mol. The number of nitrogens with one attached hydrogen (secondary N) is 1. The molecule has 3 heterocycles. The maximum atomic E-state index is 12.7. The maximum Gasteiger partial charge on any atom is 0.257 e. The van der Waals surface area contributed by atoms with Crippen molar-refractivity contribution in [2.75, 3.05) is 45.6 Å². The van der Waals surface area contributed by atoms with Gasteiger partial charge in [-0.1, -0.05) is 6.58 Å². The van der Waals surface area contributed by atoms with E-state index >= 15 is 0 Å². The first kappa shape index (κ1) is 23.5. The smallest absolute Gasteiger partial charge is 0.257 e. The highest BCUT2D eigenvalue weighted by Gasteiger charge is 2.27. The minimum atomic E-state index is -0.196. The summed E-state index contributed by atoms with van der Waals surface area (Å²) >= 11 is 3.32. The third-order valence-electron chi connectivity index (χ3n) is 6.11. The van der Waals surface area contributed by atoms with E-state index in [1.807, 2.05) is 4.90 Å². The number of methoxy groups -OCH3 is 1. The van der Waals surface area contributed by atoms with Crippen LogP contribution in [-0.2, 0) is 4.79 Å². The van der Waals surface area contributed by atoms with Gasteiger partial charge in [-0.05, 0) is 60.5 Å². The van der Waals surface area contributed by atoms with Gasteiger partial charge in [0, 0.05) is 44.3 Å². The van der Waals surface area contributed by atoms with E-state index in [9.17, 15) is 9.59 Å². The van der Waals surface area contributed by atoms with E-state index in [0.29, 0.717) is 21.5 Å². The second-order valence-electron chi connectivity index (χ2n) is 8.48. The average Bonchev–Trinajstić information content (AvgIpc) is 2.76. The van der Waals surface area contributed by atoms with Crippen LogP contribution < -0.4 is 15.8 Å². The fourth-order valence-corrected chi connectivity index (χ4v) is 4.60. The summed E-state index contributed by atoms with van der Waals surface area (Å²) in [4.78, 5) is 33.3. The van der Waals surface area contributed by atoms with E-state index < -0.39 is 0 Å². The van der Waals surface area contributed by atoms with Crippen molar-refractivity contribution < 1.29 is 14.3 Å². The summed E-state index contributed by atoms with van der Waals surface area (Å²) in [6.45, 7) is 10.1. The lowest BCUT2D eigenvalue weighted by Gasteiger charge is -2.38. The van der Waals surface area contributed by atoms with Gasteiger partial charge in [0.15, 0.2) is 0 Å². The molecule has 2 fully saturated rings. The molecule has 1 aromatic rings. The van der Waals surface area contributed by atoms with Crippen LogP contribution in [0.25, 0.3) is 0 Å². The molecule has 170 valence electrons. The van der Waals surface area contributed by atoms with Crippen LogP contribution in [0.1, 0.15) is 43.0 Å². The number of halogens is 1.